The van der Waals surface area contributed by atoms with Crippen LogP contribution in [0.25, 0.3) is 0 Å². The molecule has 1 unspecified atom stereocenters. The highest BCUT2D eigenvalue weighted by Gasteiger charge is 2.22. The van der Waals surface area contributed by atoms with Gasteiger partial charge in [0, 0.05) is 18.7 Å². The second-order valence-electron chi connectivity index (χ2n) is 5.90. The number of fused-ring (bicyclic) bond motifs is 1. The molecule has 0 aliphatic carbocycles. The van der Waals surface area contributed by atoms with Crippen molar-refractivity contribution >= 4 is 29.9 Å². The van der Waals surface area contributed by atoms with Gasteiger partial charge >= 0.3 is 0 Å². The van der Waals surface area contributed by atoms with Gasteiger partial charge in [-0.2, -0.15) is 0 Å². The Bertz CT molecular complexity index is 695. The lowest BCUT2D eigenvalue weighted by Crippen LogP contribution is -2.42. The first-order valence-corrected chi connectivity index (χ1v) is 8.44. The number of hydrogen-bond donors (Lipinski definition) is 2. The van der Waals surface area contributed by atoms with Crippen molar-refractivity contribution < 1.29 is 4.74 Å². The van der Waals surface area contributed by atoms with Crippen LogP contribution in [0.3, 0.4) is 0 Å². The van der Waals surface area contributed by atoms with Crippen LogP contribution < -0.4 is 15.4 Å². The maximum atomic E-state index is 5.96. The van der Waals surface area contributed by atoms with E-state index in [4.69, 9.17) is 4.74 Å². The number of rotatable bonds is 5. The van der Waals surface area contributed by atoms with E-state index in [0.717, 1.165) is 42.6 Å². The molecule has 0 radical (unpaired) electrons. The van der Waals surface area contributed by atoms with Crippen LogP contribution in [0.5, 0.6) is 5.75 Å². The number of pyridine rings is 1. The molecule has 2 heterocycles. The summed E-state index contributed by atoms with van der Waals surface area (Å²) >= 11 is 0. The molecule has 0 saturated carbocycles. The third kappa shape index (κ3) is 5.59. The summed E-state index contributed by atoms with van der Waals surface area (Å²) in [4.78, 5) is 9.09. The number of aryl methyl sites for hydroxylation is 1. The first-order valence-electron chi connectivity index (χ1n) is 8.44. The highest BCUT2D eigenvalue weighted by molar-refractivity contribution is 14.0. The number of aliphatic imine (C=N–C) groups is 1. The zero-order valence-electron chi connectivity index (χ0n) is 14.7. The molecule has 25 heavy (non-hydrogen) atoms. The molecular formula is C19H25IN4O. The summed E-state index contributed by atoms with van der Waals surface area (Å²) in [6.07, 6.45) is 1.07. The van der Waals surface area contributed by atoms with E-state index in [2.05, 4.69) is 39.7 Å². The number of ether oxygens (including phenoxy) is 1. The standard InChI is InChI=1S/C19H24N4O.HI/c1-3-20-19(21-12-16-9-6-7-14(2)23-16)22-13-17-11-15-8-4-5-10-18(15)24-17;/h4-10,17H,3,11-13H2,1-2H3,(H2,20,21,22);1H. The van der Waals surface area contributed by atoms with Gasteiger partial charge in [0.05, 0.1) is 18.8 Å². The molecule has 1 aliphatic heterocycles. The molecule has 0 bridgehead atoms. The van der Waals surface area contributed by atoms with Crippen LogP contribution in [-0.2, 0) is 13.0 Å². The molecule has 0 saturated heterocycles. The Morgan fingerprint density at radius 3 is 2.80 bits per heavy atom. The molecule has 3 rings (SSSR count). The molecule has 2 aromatic rings. The number of nitrogens with one attached hydrogen (secondary N) is 2. The third-order valence-corrected chi connectivity index (χ3v) is 3.90. The number of para-hydroxylation sites is 1. The summed E-state index contributed by atoms with van der Waals surface area (Å²) in [5.41, 5.74) is 3.25. The Morgan fingerprint density at radius 1 is 1.20 bits per heavy atom. The second-order valence-corrected chi connectivity index (χ2v) is 5.90. The summed E-state index contributed by atoms with van der Waals surface area (Å²) in [6, 6.07) is 14.2. The van der Waals surface area contributed by atoms with Crippen molar-refractivity contribution in [1.82, 2.24) is 15.6 Å². The quantitative estimate of drug-likeness (QED) is 0.416. The van der Waals surface area contributed by atoms with Crippen LogP contribution >= 0.6 is 24.0 Å². The summed E-state index contributed by atoms with van der Waals surface area (Å²) in [7, 11) is 0. The minimum absolute atomic E-state index is 0. The fourth-order valence-corrected chi connectivity index (χ4v) is 2.77. The van der Waals surface area contributed by atoms with Gasteiger partial charge in [-0.1, -0.05) is 24.3 Å². The van der Waals surface area contributed by atoms with Crippen LogP contribution in [0.4, 0.5) is 0 Å². The van der Waals surface area contributed by atoms with Crippen LogP contribution in [-0.4, -0.2) is 30.1 Å². The van der Waals surface area contributed by atoms with E-state index >= 15 is 0 Å². The minimum atomic E-state index is 0. The van der Waals surface area contributed by atoms with Crippen molar-refractivity contribution in [2.45, 2.75) is 32.9 Å². The number of hydrogen-bond acceptors (Lipinski definition) is 3. The smallest absolute Gasteiger partial charge is 0.191 e. The summed E-state index contributed by atoms with van der Waals surface area (Å²) < 4.78 is 5.96. The molecule has 0 amide bonds. The SMILES string of the molecule is CCNC(=NCc1cccc(C)n1)NCC1Cc2ccccc2O1.I. The van der Waals surface area contributed by atoms with Crippen molar-refractivity contribution in [2.75, 3.05) is 13.1 Å². The van der Waals surface area contributed by atoms with Gasteiger partial charge in [-0.15, -0.1) is 24.0 Å². The van der Waals surface area contributed by atoms with E-state index < -0.39 is 0 Å². The van der Waals surface area contributed by atoms with Gasteiger partial charge in [0.15, 0.2) is 5.96 Å². The van der Waals surface area contributed by atoms with Gasteiger partial charge in [0.1, 0.15) is 11.9 Å². The van der Waals surface area contributed by atoms with E-state index in [1.165, 1.54) is 5.56 Å². The molecular weight excluding hydrogens is 427 g/mol. The maximum Gasteiger partial charge on any atom is 0.191 e. The number of nitrogens with zero attached hydrogens (tertiary/aromatic N) is 2. The zero-order valence-corrected chi connectivity index (χ0v) is 17.0. The Hall–Kier alpha value is -1.83. The predicted octanol–water partition coefficient (Wildman–Crippen LogP) is 3.07. The Labute approximate surface area is 166 Å². The van der Waals surface area contributed by atoms with Gasteiger partial charge < -0.3 is 15.4 Å². The predicted molar refractivity (Wildman–Crippen MR) is 112 cm³/mol. The fraction of sp³-hybridized carbons (Fsp3) is 0.368. The largest absolute Gasteiger partial charge is 0.488 e. The average Bonchev–Trinajstić information content (AvgIpc) is 3.00. The molecule has 5 nitrogen and oxygen atoms in total. The highest BCUT2D eigenvalue weighted by Crippen LogP contribution is 2.27. The number of aromatic nitrogens is 1. The first kappa shape index (κ1) is 19.5. The van der Waals surface area contributed by atoms with E-state index in [0.29, 0.717) is 6.54 Å². The van der Waals surface area contributed by atoms with Gasteiger partial charge in [-0.05, 0) is 37.6 Å². The lowest BCUT2D eigenvalue weighted by Gasteiger charge is -2.15. The van der Waals surface area contributed by atoms with Crippen LogP contribution in [0.15, 0.2) is 47.5 Å². The molecule has 0 fully saturated rings. The number of benzene rings is 1. The van der Waals surface area contributed by atoms with E-state index in [1.807, 2.05) is 37.3 Å². The normalized spacial score (nSPS) is 15.8. The molecule has 1 atom stereocenters. The average molecular weight is 452 g/mol. The fourth-order valence-electron chi connectivity index (χ4n) is 2.77. The molecule has 2 N–H and O–H groups in total. The van der Waals surface area contributed by atoms with Crippen molar-refractivity contribution in [3.05, 3.63) is 59.4 Å². The number of halogens is 1. The Balaban J connectivity index is 0.00000225. The van der Waals surface area contributed by atoms with Crippen LogP contribution in [0, 0.1) is 6.92 Å². The lowest BCUT2D eigenvalue weighted by atomic mass is 10.1. The van der Waals surface area contributed by atoms with Gasteiger partial charge in [0.2, 0.25) is 0 Å². The molecule has 134 valence electrons. The summed E-state index contributed by atoms with van der Waals surface area (Å²) in [5.74, 6) is 1.79. The van der Waals surface area contributed by atoms with E-state index in [-0.39, 0.29) is 30.1 Å². The van der Waals surface area contributed by atoms with Crippen molar-refractivity contribution in [1.29, 1.82) is 0 Å². The molecule has 1 aromatic carbocycles. The monoisotopic (exact) mass is 452 g/mol. The van der Waals surface area contributed by atoms with Crippen molar-refractivity contribution in [3.8, 4) is 5.75 Å². The van der Waals surface area contributed by atoms with Crippen LogP contribution in [0.1, 0.15) is 23.9 Å². The molecule has 1 aliphatic rings. The molecule has 0 spiro atoms. The van der Waals surface area contributed by atoms with Crippen molar-refractivity contribution in [3.63, 3.8) is 0 Å². The van der Waals surface area contributed by atoms with Gasteiger partial charge in [-0.25, -0.2) is 4.99 Å². The van der Waals surface area contributed by atoms with E-state index in [9.17, 15) is 0 Å². The van der Waals surface area contributed by atoms with Crippen molar-refractivity contribution in [2.24, 2.45) is 4.99 Å². The third-order valence-electron chi connectivity index (χ3n) is 3.90. The summed E-state index contributed by atoms with van der Waals surface area (Å²) in [5, 5.41) is 6.64. The zero-order chi connectivity index (χ0) is 16.8. The van der Waals surface area contributed by atoms with Crippen LogP contribution in [0.2, 0.25) is 0 Å². The second kappa shape index (κ2) is 9.60. The highest BCUT2D eigenvalue weighted by atomic mass is 127. The van der Waals surface area contributed by atoms with E-state index in [1.54, 1.807) is 0 Å². The molecule has 6 heteroatoms. The number of guanidine groups is 1. The topological polar surface area (TPSA) is 58.5 Å². The molecule has 1 aromatic heterocycles. The first-order chi connectivity index (χ1) is 11.7. The van der Waals surface area contributed by atoms with Gasteiger partial charge in [0.25, 0.3) is 0 Å². The Morgan fingerprint density at radius 2 is 2.04 bits per heavy atom. The lowest BCUT2D eigenvalue weighted by molar-refractivity contribution is 0.235. The summed E-state index contributed by atoms with van der Waals surface area (Å²) in [6.45, 7) is 6.15. The van der Waals surface area contributed by atoms with Gasteiger partial charge in [-0.3, -0.25) is 4.98 Å². The Kier molecular flexibility index (Phi) is 7.49. The maximum absolute atomic E-state index is 5.96. The minimum Gasteiger partial charge on any atom is -0.488 e.